The predicted molar refractivity (Wildman–Crippen MR) is 158 cm³/mol. The highest BCUT2D eigenvalue weighted by Crippen LogP contribution is 2.64. The molecule has 2 bridgehead atoms. The molecule has 1 aromatic rings. The fraction of sp³-hybridized carbons (Fsp3) is 0.606. The van der Waals surface area contributed by atoms with Crippen molar-refractivity contribution < 1.29 is 29.0 Å². The number of anilines is 1. The number of hydrogen-bond acceptors (Lipinski definition) is 6. The SMILES string of the molecule is C=CCCCCOC(=O)[C@@H]1[C@H]2C(=O)N(CCCCO)C(C(=O)N(CC=C)c3c(C)cccc3C)C23CC[C@@]1(CC)O3. The van der Waals surface area contributed by atoms with Crippen molar-refractivity contribution in [1.29, 1.82) is 0 Å². The van der Waals surface area contributed by atoms with Crippen LogP contribution in [0, 0.1) is 25.7 Å². The smallest absolute Gasteiger partial charge is 0.312 e. The van der Waals surface area contributed by atoms with Crippen molar-refractivity contribution in [3.8, 4) is 0 Å². The Balaban J connectivity index is 1.74. The van der Waals surface area contributed by atoms with Crippen LogP contribution >= 0.6 is 0 Å². The molecule has 8 heteroatoms. The van der Waals surface area contributed by atoms with Gasteiger partial charge in [-0.25, -0.2) is 0 Å². The number of aliphatic hydroxyl groups is 1. The quantitative estimate of drug-likeness (QED) is 0.189. The van der Waals surface area contributed by atoms with Gasteiger partial charge in [0, 0.05) is 25.4 Å². The molecule has 8 nitrogen and oxygen atoms in total. The second-order valence-corrected chi connectivity index (χ2v) is 11.7. The number of nitrogens with zero attached hydrogens (tertiary/aromatic N) is 2. The van der Waals surface area contributed by atoms with Gasteiger partial charge in [0.15, 0.2) is 0 Å². The number of para-hydroxylation sites is 1. The molecule has 3 fully saturated rings. The van der Waals surface area contributed by atoms with E-state index in [-0.39, 0.29) is 31.6 Å². The first kappa shape index (κ1) is 31.0. The van der Waals surface area contributed by atoms with Crippen LogP contribution in [0.15, 0.2) is 43.5 Å². The normalized spacial score (nSPS) is 28.0. The van der Waals surface area contributed by atoms with Crippen molar-refractivity contribution in [3.05, 3.63) is 54.6 Å². The molecule has 3 saturated heterocycles. The van der Waals surface area contributed by atoms with E-state index in [1.54, 1.807) is 15.9 Å². The van der Waals surface area contributed by atoms with Gasteiger partial charge in [-0.2, -0.15) is 0 Å². The Morgan fingerprint density at radius 3 is 2.51 bits per heavy atom. The van der Waals surface area contributed by atoms with E-state index in [0.717, 1.165) is 36.1 Å². The minimum absolute atomic E-state index is 0.00351. The van der Waals surface area contributed by atoms with Crippen molar-refractivity contribution in [2.45, 2.75) is 89.4 Å². The lowest BCUT2D eigenvalue weighted by Gasteiger charge is -2.37. The minimum atomic E-state index is -1.12. The summed E-state index contributed by atoms with van der Waals surface area (Å²) in [5, 5.41) is 9.45. The third-order valence-electron chi connectivity index (χ3n) is 9.31. The maximum atomic E-state index is 14.7. The van der Waals surface area contributed by atoms with Gasteiger partial charge >= 0.3 is 5.97 Å². The maximum absolute atomic E-state index is 14.7. The lowest BCUT2D eigenvalue weighted by molar-refractivity contribution is -0.161. The topological polar surface area (TPSA) is 96.4 Å². The number of esters is 1. The highest BCUT2D eigenvalue weighted by atomic mass is 16.6. The molecular weight excluding hydrogens is 520 g/mol. The number of likely N-dealkylation sites (tertiary alicyclic amines) is 1. The number of unbranched alkanes of at least 4 members (excludes halogenated alkanes) is 3. The Bertz CT molecular complexity index is 1150. The van der Waals surface area contributed by atoms with Gasteiger partial charge in [-0.3, -0.25) is 14.4 Å². The molecule has 1 spiro atoms. The molecule has 0 aliphatic carbocycles. The molecule has 41 heavy (non-hydrogen) atoms. The summed E-state index contributed by atoms with van der Waals surface area (Å²) in [6.45, 7) is 14.4. The number of aliphatic hydroxyl groups excluding tert-OH is 1. The first-order valence-electron chi connectivity index (χ1n) is 15.1. The highest BCUT2D eigenvalue weighted by molar-refractivity contribution is 6.05. The minimum Gasteiger partial charge on any atom is -0.465 e. The number of hydrogen-bond donors (Lipinski definition) is 1. The molecule has 0 radical (unpaired) electrons. The van der Waals surface area contributed by atoms with Gasteiger partial charge in [-0.1, -0.05) is 37.3 Å². The summed E-state index contributed by atoms with van der Waals surface area (Å²) >= 11 is 0. The van der Waals surface area contributed by atoms with Crippen molar-refractivity contribution >= 4 is 23.5 Å². The molecule has 4 rings (SSSR count). The van der Waals surface area contributed by atoms with E-state index in [9.17, 15) is 19.5 Å². The summed E-state index contributed by atoms with van der Waals surface area (Å²) in [5.74, 6) is -2.42. The van der Waals surface area contributed by atoms with E-state index >= 15 is 0 Å². The Morgan fingerprint density at radius 1 is 1.15 bits per heavy atom. The Labute approximate surface area is 244 Å². The number of carbonyl (C=O) groups is 3. The van der Waals surface area contributed by atoms with Gasteiger partial charge in [0.25, 0.3) is 5.91 Å². The zero-order valence-corrected chi connectivity index (χ0v) is 24.9. The van der Waals surface area contributed by atoms with Crippen molar-refractivity contribution in [1.82, 2.24) is 4.90 Å². The average Bonchev–Trinajstić information content (AvgIpc) is 3.55. The van der Waals surface area contributed by atoms with Gasteiger partial charge in [0.1, 0.15) is 17.6 Å². The fourth-order valence-electron chi connectivity index (χ4n) is 7.44. The molecule has 3 heterocycles. The van der Waals surface area contributed by atoms with Gasteiger partial charge < -0.3 is 24.4 Å². The maximum Gasteiger partial charge on any atom is 0.312 e. The lowest BCUT2D eigenvalue weighted by Crippen LogP contribution is -2.56. The summed E-state index contributed by atoms with van der Waals surface area (Å²) in [6.07, 6.45) is 8.67. The van der Waals surface area contributed by atoms with Crippen molar-refractivity contribution in [2.75, 3.05) is 31.2 Å². The standard InChI is InChI=1S/C33H46N2O6/c1-6-9-10-13-22-40-31(39)26-25-29(37)35(20-11-12-21-36)28(33(25)18-17-32(26,8-3)41-33)30(38)34(19-7-2)27-23(4)15-14-16-24(27)5/h6-7,14-16,25-26,28,36H,1-2,8-13,17-22H2,3-5H3/t25-,26-,28?,32+,33?/m0/s1. The van der Waals surface area contributed by atoms with Crippen LogP contribution in [0.4, 0.5) is 5.69 Å². The van der Waals surface area contributed by atoms with Gasteiger partial charge in [-0.15, -0.1) is 13.2 Å². The molecule has 1 aromatic carbocycles. The molecule has 5 atom stereocenters. The van der Waals surface area contributed by atoms with E-state index in [4.69, 9.17) is 9.47 Å². The average molecular weight is 567 g/mol. The zero-order valence-electron chi connectivity index (χ0n) is 24.9. The Hall–Kier alpha value is -2.97. The summed E-state index contributed by atoms with van der Waals surface area (Å²) in [5.41, 5.74) is 0.741. The van der Waals surface area contributed by atoms with Crippen molar-refractivity contribution in [3.63, 3.8) is 0 Å². The van der Waals surface area contributed by atoms with Gasteiger partial charge in [0.2, 0.25) is 5.91 Å². The largest absolute Gasteiger partial charge is 0.465 e. The number of rotatable bonds is 15. The number of carbonyl (C=O) groups excluding carboxylic acids is 3. The van der Waals surface area contributed by atoms with Crippen LogP contribution in [0.5, 0.6) is 0 Å². The van der Waals surface area contributed by atoms with Crippen LogP contribution in [0.2, 0.25) is 0 Å². The van der Waals surface area contributed by atoms with Crippen LogP contribution < -0.4 is 4.90 Å². The van der Waals surface area contributed by atoms with Crippen LogP contribution in [-0.2, 0) is 23.9 Å². The van der Waals surface area contributed by atoms with Crippen molar-refractivity contribution in [2.24, 2.45) is 11.8 Å². The molecule has 0 aromatic heterocycles. The summed E-state index contributed by atoms with van der Waals surface area (Å²) in [7, 11) is 0. The summed E-state index contributed by atoms with van der Waals surface area (Å²) in [6, 6.07) is 5.00. The molecular formula is C33H46N2O6. The number of benzene rings is 1. The van der Waals surface area contributed by atoms with Crippen LogP contribution in [-0.4, -0.2) is 71.3 Å². The molecule has 224 valence electrons. The molecule has 2 unspecified atom stereocenters. The summed E-state index contributed by atoms with van der Waals surface area (Å²) < 4.78 is 12.6. The molecule has 0 saturated carbocycles. The number of ether oxygens (including phenoxy) is 2. The number of aryl methyl sites for hydroxylation is 2. The predicted octanol–water partition coefficient (Wildman–Crippen LogP) is 4.65. The third kappa shape index (κ3) is 5.37. The number of allylic oxidation sites excluding steroid dienone is 1. The Kier molecular flexibility index (Phi) is 9.75. The summed E-state index contributed by atoms with van der Waals surface area (Å²) in [4.78, 5) is 46.0. The van der Waals surface area contributed by atoms with Gasteiger partial charge in [-0.05, 0) is 76.3 Å². The van der Waals surface area contributed by atoms with Crippen LogP contribution in [0.25, 0.3) is 0 Å². The van der Waals surface area contributed by atoms with E-state index in [1.165, 1.54) is 0 Å². The number of fused-ring (bicyclic) bond motifs is 1. The molecule has 3 aliphatic rings. The second-order valence-electron chi connectivity index (χ2n) is 11.7. The second kappa shape index (κ2) is 12.9. The van der Waals surface area contributed by atoms with E-state index < -0.39 is 35.0 Å². The van der Waals surface area contributed by atoms with E-state index in [1.807, 2.05) is 45.0 Å². The Morgan fingerprint density at radius 2 is 1.88 bits per heavy atom. The molecule has 1 N–H and O–H groups in total. The lowest BCUT2D eigenvalue weighted by atomic mass is 9.65. The highest BCUT2D eigenvalue weighted by Gasteiger charge is 2.79. The number of amides is 2. The monoisotopic (exact) mass is 566 g/mol. The van der Waals surface area contributed by atoms with E-state index in [0.29, 0.717) is 38.6 Å². The van der Waals surface area contributed by atoms with Gasteiger partial charge in [0.05, 0.1) is 18.1 Å². The third-order valence-corrected chi connectivity index (χ3v) is 9.31. The first-order valence-corrected chi connectivity index (χ1v) is 15.1. The first-order chi connectivity index (χ1) is 19.7. The molecule has 3 aliphatic heterocycles. The zero-order chi connectivity index (χ0) is 29.8. The van der Waals surface area contributed by atoms with Crippen LogP contribution in [0.3, 0.4) is 0 Å². The van der Waals surface area contributed by atoms with E-state index in [2.05, 4.69) is 13.2 Å². The fourth-order valence-corrected chi connectivity index (χ4v) is 7.44. The van der Waals surface area contributed by atoms with Crippen LogP contribution in [0.1, 0.15) is 69.4 Å². The molecule has 2 amide bonds.